The molecule has 1 unspecified atom stereocenters. The number of nitrogens with zero attached hydrogens (tertiary/aromatic N) is 4. The highest BCUT2D eigenvalue weighted by Crippen LogP contribution is 2.36. The van der Waals surface area contributed by atoms with Gasteiger partial charge in [0.2, 0.25) is 5.95 Å². The SMILES string of the molecule is Cc1cc([S+]([O-])C2CCCCC2)ccc1Nc1ncc(C(F)(F)F)c(-c2cnn(C)c2)n1. The van der Waals surface area contributed by atoms with Gasteiger partial charge in [-0.2, -0.15) is 18.3 Å². The van der Waals surface area contributed by atoms with Crippen LogP contribution in [0.2, 0.25) is 0 Å². The van der Waals surface area contributed by atoms with Crippen LogP contribution in [-0.2, 0) is 24.4 Å². The normalized spacial score (nSPS) is 16.2. The first-order valence-electron chi connectivity index (χ1n) is 10.4. The fourth-order valence-corrected chi connectivity index (χ4v) is 5.55. The van der Waals surface area contributed by atoms with E-state index < -0.39 is 22.9 Å². The minimum atomic E-state index is -4.59. The van der Waals surface area contributed by atoms with Gasteiger partial charge in [-0.3, -0.25) is 4.68 Å². The number of hydrogen-bond acceptors (Lipinski definition) is 5. The highest BCUT2D eigenvalue weighted by Gasteiger charge is 2.36. The number of aromatic nitrogens is 4. The molecule has 32 heavy (non-hydrogen) atoms. The molecule has 0 aliphatic heterocycles. The summed E-state index contributed by atoms with van der Waals surface area (Å²) in [6.07, 6.45) is 4.36. The van der Waals surface area contributed by atoms with Crippen molar-refractivity contribution in [3.05, 3.63) is 47.9 Å². The van der Waals surface area contributed by atoms with Crippen LogP contribution in [0, 0.1) is 6.92 Å². The van der Waals surface area contributed by atoms with Crippen LogP contribution in [-0.4, -0.2) is 29.6 Å². The van der Waals surface area contributed by atoms with Crippen molar-refractivity contribution in [2.45, 2.75) is 55.3 Å². The van der Waals surface area contributed by atoms with Gasteiger partial charge in [0.1, 0.15) is 10.8 Å². The topological polar surface area (TPSA) is 78.7 Å². The van der Waals surface area contributed by atoms with Crippen molar-refractivity contribution in [1.29, 1.82) is 0 Å². The molecule has 2 aromatic heterocycles. The van der Waals surface area contributed by atoms with Crippen molar-refractivity contribution in [3.63, 3.8) is 0 Å². The molecule has 6 nitrogen and oxygen atoms in total. The Bertz CT molecular complexity index is 1100. The van der Waals surface area contributed by atoms with Crippen LogP contribution >= 0.6 is 0 Å². The van der Waals surface area contributed by atoms with Crippen molar-refractivity contribution in [2.75, 3.05) is 5.32 Å². The Labute approximate surface area is 187 Å². The Morgan fingerprint density at radius 1 is 1.16 bits per heavy atom. The van der Waals surface area contributed by atoms with E-state index in [1.54, 1.807) is 19.2 Å². The maximum Gasteiger partial charge on any atom is 0.419 e. The van der Waals surface area contributed by atoms with Crippen molar-refractivity contribution in [3.8, 4) is 11.3 Å². The largest absolute Gasteiger partial charge is 0.611 e. The average molecular weight is 464 g/mol. The van der Waals surface area contributed by atoms with Gasteiger partial charge in [0.05, 0.1) is 11.9 Å². The molecule has 4 rings (SSSR count). The lowest BCUT2D eigenvalue weighted by Crippen LogP contribution is -2.24. The number of alkyl halides is 3. The second-order valence-corrected chi connectivity index (χ2v) is 9.75. The van der Waals surface area contributed by atoms with Crippen LogP contribution < -0.4 is 5.32 Å². The van der Waals surface area contributed by atoms with E-state index in [0.717, 1.165) is 42.3 Å². The van der Waals surface area contributed by atoms with Gasteiger partial charge in [0.25, 0.3) is 0 Å². The lowest BCUT2D eigenvalue weighted by Gasteiger charge is -2.25. The van der Waals surface area contributed by atoms with Crippen LogP contribution in [0.1, 0.15) is 43.2 Å². The summed E-state index contributed by atoms with van der Waals surface area (Å²) in [6, 6.07) is 5.43. The third-order valence-electron chi connectivity index (χ3n) is 5.60. The molecule has 170 valence electrons. The molecule has 1 aliphatic rings. The molecular formula is C22H24F3N5OS. The summed E-state index contributed by atoms with van der Waals surface area (Å²) < 4.78 is 54.8. The summed E-state index contributed by atoms with van der Waals surface area (Å²) in [4.78, 5) is 8.78. The smallest absolute Gasteiger partial charge is 0.419 e. The first kappa shape index (κ1) is 22.6. The molecule has 0 bridgehead atoms. The summed E-state index contributed by atoms with van der Waals surface area (Å²) >= 11 is -1.07. The molecule has 0 amide bonds. The quantitative estimate of drug-likeness (QED) is 0.514. The molecule has 1 fully saturated rings. The Morgan fingerprint density at radius 2 is 1.91 bits per heavy atom. The van der Waals surface area contributed by atoms with E-state index in [0.29, 0.717) is 5.69 Å². The summed E-state index contributed by atoms with van der Waals surface area (Å²) in [7, 11) is 1.62. The van der Waals surface area contributed by atoms with E-state index in [4.69, 9.17) is 0 Å². The fourth-order valence-electron chi connectivity index (χ4n) is 3.91. The average Bonchev–Trinajstić information content (AvgIpc) is 3.20. The maximum absolute atomic E-state index is 13.5. The predicted octanol–water partition coefficient (Wildman–Crippen LogP) is 5.39. The molecule has 0 spiro atoms. The van der Waals surface area contributed by atoms with Gasteiger partial charge >= 0.3 is 6.18 Å². The minimum Gasteiger partial charge on any atom is -0.611 e. The van der Waals surface area contributed by atoms with E-state index in [2.05, 4.69) is 20.4 Å². The highest BCUT2D eigenvalue weighted by atomic mass is 32.2. The van der Waals surface area contributed by atoms with Crippen LogP contribution in [0.3, 0.4) is 0 Å². The lowest BCUT2D eigenvalue weighted by molar-refractivity contribution is -0.137. The second kappa shape index (κ2) is 9.11. The van der Waals surface area contributed by atoms with E-state index in [1.165, 1.54) is 23.5 Å². The van der Waals surface area contributed by atoms with Crippen LogP contribution in [0.5, 0.6) is 0 Å². The molecule has 1 saturated carbocycles. The van der Waals surface area contributed by atoms with Gasteiger partial charge < -0.3 is 9.87 Å². The van der Waals surface area contributed by atoms with Gasteiger partial charge in [-0.1, -0.05) is 6.42 Å². The Morgan fingerprint density at radius 3 is 2.53 bits per heavy atom. The summed E-state index contributed by atoms with van der Waals surface area (Å²) in [5.74, 6) is 0.0427. The third kappa shape index (κ3) is 4.91. The Kier molecular flexibility index (Phi) is 6.43. The van der Waals surface area contributed by atoms with Crippen molar-refractivity contribution in [2.24, 2.45) is 7.05 Å². The van der Waals surface area contributed by atoms with E-state index in [1.807, 2.05) is 13.0 Å². The summed E-state index contributed by atoms with van der Waals surface area (Å²) in [6.45, 7) is 1.86. The highest BCUT2D eigenvalue weighted by molar-refractivity contribution is 7.92. The zero-order chi connectivity index (χ0) is 22.9. The zero-order valence-electron chi connectivity index (χ0n) is 17.8. The molecule has 10 heteroatoms. The van der Waals surface area contributed by atoms with Crippen molar-refractivity contribution in [1.82, 2.24) is 19.7 Å². The van der Waals surface area contributed by atoms with Crippen molar-refractivity contribution < 1.29 is 17.7 Å². The number of anilines is 2. The van der Waals surface area contributed by atoms with Crippen LogP contribution in [0.25, 0.3) is 11.3 Å². The number of rotatable bonds is 5. The minimum absolute atomic E-state index is 0.0427. The molecule has 0 saturated heterocycles. The number of nitrogens with one attached hydrogen (secondary N) is 1. The first-order chi connectivity index (χ1) is 15.2. The second-order valence-electron chi connectivity index (χ2n) is 8.02. The number of benzene rings is 1. The van der Waals surface area contributed by atoms with E-state index in [-0.39, 0.29) is 22.5 Å². The van der Waals surface area contributed by atoms with Crippen LogP contribution in [0.4, 0.5) is 24.8 Å². The maximum atomic E-state index is 13.5. The molecule has 0 radical (unpaired) electrons. The number of halogens is 3. The monoisotopic (exact) mass is 463 g/mol. The summed E-state index contributed by atoms with van der Waals surface area (Å²) in [5.41, 5.74) is 0.548. The van der Waals surface area contributed by atoms with E-state index >= 15 is 0 Å². The Balaban J connectivity index is 1.60. The third-order valence-corrected chi connectivity index (χ3v) is 7.40. The molecule has 1 aliphatic carbocycles. The fraction of sp³-hybridized carbons (Fsp3) is 0.409. The number of hydrogen-bond donors (Lipinski definition) is 1. The molecule has 1 aromatic carbocycles. The van der Waals surface area contributed by atoms with Gasteiger partial charge in [-0.15, -0.1) is 0 Å². The Hall–Kier alpha value is -2.59. The molecule has 1 atom stereocenters. The van der Waals surface area contributed by atoms with Crippen molar-refractivity contribution >= 4 is 22.8 Å². The van der Waals surface area contributed by atoms with Crippen LogP contribution in [0.15, 0.2) is 41.7 Å². The lowest BCUT2D eigenvalue weighted by atomic mass is 10.0. The molecule has 3 aromatic rings. The first-order valence-corrected chi connectivity index (χ1v) is 11.6. The number of aryl methyl sites for hydroxylation is 2. The zero-order valence-corrected chi connectivity index (χ0v) is 18.6. The molecule has 2 heterocycles. The van der Waals surface area contributed by atoms with Gasteiger partial charge in [-0.25, -0.2) is 9.97 Å². The van der Waals surface area contributed by atoms with Gasteiger partial charge in [0, 0.05) is 30.7 Å². The molecule has 1 N–H and O–H groups in total. The molecular weight excluding hydrogens is 439 g/mol. The standard InChI is InChI=1S/C22H24F3N5OS/c1-14-10-17(32(31)16-6-4-3-5-7-16)8-9-19(14)28-21-26-12-18(22(23,24)25)20(29-21)15-11-27-30(2)13-15/h8-13,16H,3-7H2,1-2H3,(H,26,28,29). The summed E-state index contributed by atoms with van der Waals surface area (Å²) in [5, 5.41) is 7.13. The van der Waals surface area contributed by atoms with E-state index in [9.17, 15) is 17.7 Å². The van der Waals surface area contributed by atoms with Gasteiger partial charge in [0.15, 0.2) is 4.90 Å². The van der Waals surface area contributed by atoms with Gasteiger partial charge in [-0.05, 0) is 67.5 Å². The predicted molar refractivity (Wildman–Crippen MR) is 117 cm³/mol.